The van der Waals surface area contributed by atoms with E-state index in [-0.39, 0.29) is 11.6 Å². The molecule has 5 N–H and O–H groups in total. The van der Waals surface area contributed by atoms with E-state index < -0.39 is 30.2 Å². The van der Waals surface area contributed by atoms with Crippen molar-refractivity contribution in [3.8, 4) is 0 Å². The predicted octanol–water partition coefficient (Wildman–Crippen LogP) is -0.395. The Morgan fingerprint density at radius 2 is 2.32 bits per heavy atom. The molecule has 1 aliphatic heterocycles. The molecule has 9 nitrogen and oxygen atoms in total. The van der Waals surface area contributed by atoms with Gasteiger partial charge in [-0.3, -0.25) is 4.57 Å². The van der Waals surface area contributed by atoms with Gasteiger partial charge >= 0.3 is 0 Å². The summed E-state index contributed by atoms with van der Waals surface area (Å²) in [6, 6.07) is 0. The monoisotopic (exact) mass is 332 g/mol. The van der Waals surface area contributed by atoms with Gasteiger partial charge < -0.3 is 26.0 Å². The molecule has 3 heterocycles. The summed E-state index contributed by atoms with van der Waals surface area (Å²) in [4.78, 5) is 12.1. The topological polar surface area (TPSA) is 131 Å². The van der Waals surface area contributed by atoms with Gasteiger partial charge in [0, 0.05) is 7.05 Å². The number of aliphatic hydroxyl groups excluding tert-OH is 2. The zero-order chi connectivity index (χ0) is 16.1. The molecule has 0 radical (unpaired) electrons. The van der Waals surface area contributed by atoms with Gasteiger partial charge in [-0.2, -0.15) is 9.97 Å². The van der Waals surface area contributed by atoms with Gasteiger partial charge in [-0.1, -0.05) is 11.6 Å². The first-order valence-corrected chi connectivity index (χ1v) is 6.78. The van der Waals surface area contributed by atoms with Gasteiger partial charge in [-0.05, 0) is 0 Å². The minimum Gasteiger partial charge on any atom is -0.394 e. The molecule has 4 unspecified atom stereocenters. The van der Waals surface area contributed by atoms with Crippen LogP contribution in [-0.2, 0) is 4.74 Å². The lowest BCUT2D eigenvalue weighted by molar-refractivity contribution is -0.0482. The van der Waals surface area contributed by atoms with Crippen molar-refractivity contribution in [1.82, 2.24) is 19.5 Å². The number of aliphatic hydroxyl groups is 2. The van der Waals surface area contributed by atoms with E-state index in [2.05, 4.69) is 20.3 Å². The third-order valence-corrected chi connectivity index (χ3v) is 3.90. The number of alkyl halides is 2. The van der Waals surface area contributed by atoms with Crippen LogP contribution in [0.2, 0.25) is 0 Å². The number of nitrogens with one attached hydrogen (secondary N) is 1. The Bertz CT molecular complexity index is 710. The molecular formula is C11H14ClFN6O3. The molecule has 0 bridgehead atoms. The fraction of sp³-hybridized carbons (Fsp3) is 0.545. The third kappa shape index (κ3) is 2.07. The molecule has 1 aliphatic rings. The highest BCUT2D eigenvalue weighted by Crippen LogP contribution is 2.45. The van der Waals surface area contributed by atoms with E-state index in [4.69, 9.17) is 27.2 Å². The van der Waals surface area contributed by atoms with E-state index in [9.17, 15) is 9.50 Å². The highest BCUT2D eigenvalue weighted by molar-refractivity contribution is 6.23. The summed E-state index contributed by atoms with van der Waals surface area (Å²) >= 11 is 5.77. The Kier molecular flexibility index (Phi) is 3.56. The van der Waals surface area contributed by atoms with E-state index in [1.165, 1.54) is 10.9 Å². The number of nitrogens with two attached hydrogens (primary N) is 1. The number of ether oxygens (including phenoxy) is 1. The number of hydrogen-bond acceptors (Lipinski definition) is 8. The van der Waals surface area contributed by atoms with Gasteiger partial charge in [0.1, 0.15) is 12.2 Å². The number of rotatable bonds is 3. The molecule has 4 atom stereocenters. The predicted molar refractivity (Wildman–Crippen MR) is 76.0 cm³/mol. The van der Waals surface area contributed by atoms with Gasteiger partial charge in [0.25, 0.3) is 5.13 Å². The second kappa shape index (κ2) is 5.16. The standard InChI is InChI=1S/C11H14ClFN6O3/c1-15-7-5-8(18-10(14)17-7)19(3-16-5)9-11(12,13)6(21)4(2-20)22-9/h3-4,6,9,20-21H,2H2,1H3,(H3,14,15,17,18). The Morgan fingerprint density at radius 3 is 2.91 bits per heavy atom. The summed E-state index contributed by atoms with van der Waals surface area (Å²) in [5.41, 5.74) is 6.15. The van der Waals surface area contributed by atoms with Crippen LogP contribution in [0, 0.1) is 0 Å². The molecule has 0 amide bonds. The van der Waals surface area contributed by atoms with Crippen LogP contribution in [0.4, 0.5) is 16.2 Å². The maximum absolute atomic E-state index is 14.6. The first-order chi connectivity index (χ1) is 10.4. The number of hydrogen-bond donors (Lipinski definition) is 4. The van der Waals surface area contributed by atoms with Gasteiger partial charge in [0.2, 0.25) is 5.95 Å². The fourth-order valence-electron chi connectivity index (χ4n) is 2.40. The van der Waals surface area contributed by atoms with Crippen molar-refractivity contribution in [3.63, 3.8) is 0 Å². The molecule has 0 aromatic carbocycles. The summed E-state index contributed by atoms with van der Waals surface area (Å²) in [6.45, 7) is -0.582. The largest absolute Gasteiger partial charge is 0.394 e. The van der Waals surface area contributed by atoms with Gasteiger partial charge in [0.15, 0.2) is 23.2 Å². The average molecular weight is 333 g/mol. The lowest BCUT2D eigenvalue weighted by Crippen LogP contribution is -2.38. The minimum absolute atomic E-state index is 0.0464. The maximum atomic E-state index is 14.6. The summed E-state index contributed by atoms with van der Waals surface area (Å²) < 4.78 is 21.1. The molecular weight excluding hydrogens is 319 g/mol. The van der Waals surface area contributed by atoms with Gasteiger partial charge in [-0.25, -0.2) is 9.37 Å². The van der Waals surface area contributed by atoms with E-state index >= 15 is 0 Å². The van der Waals surface area contributed by atoms with Crippen molar-refractivity contribution in [2.24, 2.45) is 0 Å². The lowest BCUT2D eigenvalue weighted by Gasteiger charge is -2.22. The summed E-state index contributed by atoms with van der Waals surface area (Å²) in [7, 11) is 1.62. The molecule has 2 aromatic heterocycles. The third-order valence-electron chi connectivity index (χ3n) is 3.49. The fourth-order valence-corrected chi connectivity index (χ4v) is 2.69. The highest BCUT2D eigenvalue weighted by atomic mass is 35.5. The Labute approximate surface area is 128 Å². The Balaban J connectivity index is 2.13. The molecule has 2 aromatic rings. The van der Waals surface area contributed by atoms with Crippen molar-refractivity contribution >= 4 is 34.5 Å². The van der Waals surface area contributed by atoms with Crippen LogP contribution >= 0.6 is 11.6 Å². The molecule has 1 fully saturated rings. The zero-order valence-corrected chi connectivity index (χ0v) is 12.2. The summed E-state index contributed by atoms with van der Waals surface area (Å²) in [5.74, 6) is 0.312. The number of halogens is 2. The quantitative estimate of drug-likeness (QED) is 0.559. The molecule has 0 saturated carbocycles. The smallest absolute Gasteiger partial charge is 0.256 e. The first-order valence-electron chi connectivity index (χ1n) is 6.40. The van der Waals surface area contributed by atoms with Crippen molar-refractivity contribution in [1.29, 1.82) is 0 Å². The number of imidazole rings is 1. The normalized spacial score (nSPS) is 31.8. The summed E-state index contributed by atoms with van der Waals surface area (Å²) in [6.07, 6.45) is -3.03. The minimum atomic E-state index is -2.65. The number of anilines is 2. The number of nitrogen functional groups attached to an aromatic ring is 1. The molecule has 0 spiro atoms. The van der Waals surface area contributed by atoms with Crippen molar-refractivity contribution in [2.75, 3.05) is 24.7 Å². The van der Waals surface area contributed by atoms with Gasteiger partial charge in [-0.15, -0.1) is 0 Å². The van der Waals surface area contributed by atoms with Crippen LogP contribution in [0.25, 0.3) is 11.2 Å². The van der Waals surface area contributed by atoms with Crippen LogP contribution in [0.1, 0.15) is 6.23 Å². The molecule has 22 heavy (non-hydrogen) atoms. The van der Waals surface area contributed by atoms with E-state index in [1.807, 2.05) is 0 Å². The molecule has 3 rings (SSSR count). The number of aromatic nitrogens is 4. The van der Waals surface area contributed by atoms with Crippen LogP contribution in [0.3, 0.4) is 0 Å². The Morgan fingerprint density at radius 1 is 1.59 bits per heavy atom. The van der Waals surface area contributed by atoms with E-state index in [1.54, 1.807) is 7.05 Å². The van der Waals surface area contributed by atoms with Crippen LogP contribution in [-0.4, -0.2) is 60.7 Å². The van der Waals surface area contributed by atoms with E-state index in [0.717, 1.165) is 0 Å². The maximum Gasteiger partial charge on any atom is 0.256 e. The van der Waals surface area contributed by atoms with Crippen molar-refractivity contribution in [3.05, 3.63) is 6.33 Å². The molecule has 0 aliphatic carbocycles. The highest BCUT2D eigenvalue weighted by Gasteiger charge is 2.57. The molecule has 120 valence electrons. The number of fused-ring (bicyclic) bond motifs is 1. The molecule has 1 saturated heterocycles. The SMILES string of the molecule is CNc1nc(N)nc2c1ncn2C1OC(CO)C(O)C1(F)Cl. The molecule has 11 heteroatoms. The lowest BCUT2D eigenvalue weighted by atomic mass is 10.1. The van der Waals surface area contributed by atoms with Gasteiger partial charge in [0.05, 0.1) is 12.9 Å². The second-order valence-corrected chi connectivity index (χ2v) is 5.41. The Hall–Kier alpha value is -1.75. The zero-order valence-electron chi connectivity index (χ0n) is 11.4. The van der Waals surface area contributed by atoms with Crippen LogP contribution in [0.5, 0.6) is 0 Å². The van der Waals surface area contributed by atoms with Crippen LogP contribution < -0.4 is 11.1 Å². The van der Waals surface area contributed by atoms with Crippen molar-refractivity contribution in [2.45, 2.75) is 23.6 Å². The second-order valence-electron chi connectivity index (χ2n) is 4.83. The van der Waals surface area contributed by atoms with Crippen molar-refractivity contribution < 1.29 is 19.3 Å². The number of nitrogens with zero attached hydrogens (tertiary/aromatic N) is 4. The van der Waals surface area contributed by atoms with E-state index in [0.29, 0.717) is 11.3 Å². The summed E-state index contributed by atoms with van der Waals surface area (Å²) in [5, 5.41) is 19.1. The van der Waals surface area contributed by atoms with Crippen LogP contribution in [0.15, 0.2) is 6.33 Å². The first kappa shape index (κ1) is 15.2. The average Bonchev–Trinajstić information content (AvgIpc) is 2.98.